The molecule has 0 atom stereocenters. The minimum atomic E-state index is -4.41. The Bertz CT molecular complexity index is 682. The number of halogens is 2. The Morgan fingerprint density at radius 1 is 1.16 bits per heavy atom. The summed E-state index contributed by atoms with van der Waals surface area (Å²) in [6.07, 6.45) is 1.34. The summed E-state index contributed by atoms with van der Waals surface area (Å²) in [5, 5.41) is 0. The maximum absolute atomic E-state index is 13.6. The van der Waals surface area contributed by atoms with Crippen molar-refractivity contribution in [1.82, 2.24) is 4.98 Å². The average molecular weight is 285 g/mol. The van der Waals surface area contributed by atoms with Crippen LogP contribution in [0.4, 0.5) is 20.3 Å². The summed E-state index contributed by atoms with van der Waals surface area (Å²) >= 11 is 0. The molecule has 100 valence electrons. The maximum Gasteiger partial charge on any atom is 0.268 e. The van der Waals surface area contributed by atoms with Gasteiger partial charge in [-0.15, -0.1) is 0 Å². The van der Waals surface area contributed by atoms with Gasteiger partial charge in [-0.3, -0.25) is 4.72 Å². The van der Waals surface area contributed by atoms with E-state index in [1.807, 2.05) is 4.72 Å². The third-order valence-electron chi connectivity index (χ3n) is 2.19. The zero-order valence-corrected chi connectivity index (χ0v) is 10.3. The average Bonchev–Trinajstić information content (AvgIpc) is 2.27. The molecular formula is C11H9F2N3O2S. The van der Waals surface area contributed by atoms with Gasteiger partial charge in [0.15, 0.2) is 4.90 Å². The lowest BCUT2D eigenvalue weighted by Gasteiger charge is -2.09. The topological polar surface area (TPSA) is 85.1 Å². The molecule has 0 saturated carbocycles. The largest absolute Gasteiger partial charge is 0.399 e. The number of rotatable bonds is 3. The lowest BCUT2D eigenvalue weighted by molar-refractivity contribution is 0.522. The van der Waals surface area contributed by atoms with Gasteiger partial charge >= 0.3 is 0 Å². The van der Waals surface area contributed by atoms with E-state index in [0.29, 0.717) is 0 Å². The predicted molar refractivity (Wildman–Crippen MR) is 65.8 cm³/mol. The van der Waals surface area contributed by atoms with Gasteiger partial charge in [0.25, 0.3) is 10.0 Å². The number of hydrogen-bond acceptors (Lipinski definition) is 4. The Labute approximate surface area is 108 Å². The molecule has 0 saturated heterocycles. The number of pyridine rings is 1. The molecule has 19 heavy (non-hydrogen) atoms. The van der Waals surface area contributed by atoms with E-state index in [1.165, 1.54) is 18.3 Å². The highest BCUT2D eigenvalue weighted by molar-refractivity contribution is 7.92. The fourth-order valence-corrected chi connectivity index (χ4v) is 2.58. The van der Waals surface area contributed by atoms with E-state index in [2.05, 4.69) is 4.98 Å². The van der Waals surface area contributed by atoms with E-state index in [-0.39, 0.29) is 11.5 Å². The van der Waals surface area contributed by atoms with Crippen LogP contribution in [0.25, 0.3) is 0 Å². The highest BCUT2D eigenvalue weighted by Crippen LogP contribution is 2.23. The smallest absolute Gasteiger partial charge is 0.268 e. The van der Waals surface area contributed by atoms with E-state index in [4.69, 9.17) is 5.73 Å². The van der Waals surface area contributed by atoms with Crippen LogP contribution in [-0.2, 0) is 10.0 Å². The minimum absolute atomic E-state index is 0.0434. The van der Waals surface area contributed by atoms with E-state index in [1.54, 1.807) is 6.07 Å². The van der Waals surface area contributed by atoms with Gasteiger partial charge in [-0.05, 0) is 24.3 Å². The van der Waals surface area contributed by atoms with E-state index < -0.39 is 26.6 Å². The monoisotopic (exact) mass is 285 g/mol. The highest BCUT2D eigenvalue weighted by atomic mass is 32.2. The zero-order chi connectivity index (χ0) is 14.0. The number of nitrogen functional groups attached to an aromatic ring is 1. The number of aromatic nitrogens is 1. The summed E-state index contributed by atoms with van der Waals surface area (Å²) < 4.78 is 52.8. The quantitative estimate of drug-likeness (QED) is 0.841. The number of benzene rings is 1. The molecule has 1 heterocycles. The molecule has 0 unspecified atom stereocenters. The summed E-state index contributed by atoms with van der Waals surface area (Å²) in [5.41, 5.74) is 5.01. The van der Waals surface area contributed by atoms with Crippen LogP contribution in [0.5, 0.6) is 0 Å². The first kappa shape index (κ1) is 13.2. The van der Waals surface area contributed by atoms with Crippen molar-refractivity contribution in [2.24, 2.45) is 0 Å². The Morgan fingerprint density at radius 3 is 2.32 bits per heavy atom. The number of nitrogens with two attached hydrogens (primary N) is 1. The fourth-order valence-electron chi connectivity index (χ4n) is 1.45. The molecule has 0 aliphatic carbocycles. The normalized spacial score (nSPS) is 11.3. The van der Waals surface area contributed by atoms with Crippen molar-refractivity contribution < 1.29 is 17.2 Å². The second-order valence-electron chi connectivity index (χ2n) is 3.63. The van der Waals surface area contributed by atoms with Crippen LogP contribution in [0.3, 0.4) is 0 Å². The molecule has 2 rings (SSSR count). The molecular weight excluding hydrogens is 276 g/mol. The Hall–Kier alpha value is -2.22. The molecule has 0 bridgehead atoms. The molecule has 0 fully saturated rings. The number of nitrogens with one attached hydrogen (secondary N) is 1. The minimum Gasteiger partial charge on any atom is -0.399 e. The van der Waals surface area contributed by atoms with Crippen molar-refractivity contribution in [1.29, 1.82) is 0 Å². The van der Waals surface area contributed by atoms with Crippen molar-refractivity contribution in [3.05, 3.63) is 48.2 Å². The summed E-state index contributed by atoms with van der Waals surface area (Å²) in [5.74, 6) is -2.57. The fraction of sp³-hybridized carbons (Fsp3) is 0. The van der Waals surface area contributed by atoms with Crippen LogP contribution >= 0.6 is 0 Å². The molecule has 2 aromatic rings. The van der Waals surface area contributed by atoms with Gasteiger partial charge in [0.05, 0.1) is 0 Å². The molecule has 0 amide bonds. The number of nitrogens with zero attached hydrogens (tertiary/aromatic N) is 1. The van der Waals surface area contributed by atoms with E-state index in [0.717, 1.165) is 12.1 Å². The van der Waals surface area contributed by atoms with Crippen LogP contribution in [0, 0.1) is 11.6 Å². The lowest BCUT2D eigenvalue weighted by Crippen LogP contribution is -2.17. The summed E-state index contributed by atoms with van der Waals surface area (Å²) in [6.45, 7) is 0. The molecule has 3 N–H and O–H groups in total. The lowest BCUT2D eigenvalue weighted by atomic mass is 10.3. The number of hydrogen-bond donors (Lipinski definition) is 2. The molecule has 0 aliphatic rings. The van der Waals surface area contributed by atoms with Crippen molar-refractivity contribution >= 4 is 21.5 Å². The van der Waals surface area contributed by atoms with Crippen LogP contribution in [0.2, 0.25) is 0 Å². The highest BCUT2D eigenvalue weighted by Gasteiger charge is 2.25. The molecule has 1 aromatic carbocycles. The molecule has 0 spiro atoms. The van der Waals surface area contributed by atoms with Gasteiger partial charge in [0, 0.05) is 11.9 Å². The van der Waals surface area contributed by atoms with Gasteiger partial charge in [0.2, 0.25) is 0 Å². The maximum atomic E-state index is 13.6. The molecule has 0 radical (unpaired) electrons. The molecule has 1 aromatic heterocycles. The van der Waals surface area contributed by atoms with Gasteiger partial charge in [-0.2, -0.15) is 0 Å². The van der Waals surface area contributed by atoms with Gasteiger partial charge in [-0.25, -0.2) is 22.2 Å². The van der Waals surface area contributed by atoms with Crippen LogP contribution < -0.4 is 10.5 Å². The van der Waals surface area contributed by atoms with Crippen molar-refractivity contribution in [2.75, 3.05) is 10.5 Å². The zero-order valence-electron chi connectivity index (χ0n) is 9.47. The second-order valence-corrected chi connectivity index (χ2v) is 5.25. The summed E-state index contributed by atoms with van der Waals surface area (Å²) in [6, 6.07) is 5.92. The summed E-state index contributed by atoms with van der Waals surface area (Å²) in [4.78, 5) is 2.62. The standard InChI is InChI=1S/C11H9F2N3O2S/c12-8-5-7(14)6-9(13)11(8)19(17,18)16-10-3-1-2-4-15-10/h1-6H,14H2,(H,15,16). The first-order valence-corrected chi connectivity index (χ1v) is 6.57. The van der Waals surface area contributed by atoms with Crippen LogP contribution in [0.1, 0.15) is 0 Å². The van der Waals surface area contributed by atoms with Crippen LogP contribution in [0.15, 0.2) is 41.4 Å². The van der Waals surface area contributed by atoms with Gasteiger partial charge < -0.3 is 5.73 Å². The van der Waals surface area contributed by atoms with E-state index in [9.17, 15) is 17.2 Å². The first-order valence-electron chi connectivity index (χ1n) is 5.08. The van der Waals surface area contributed by atoms with Crippen molar-refractivity contribution in [3.8, 4) is 0 Å². The second kappa shape index (κ2) is 4.81. The van der Waals surface area contributed by atoms with Crippen molar-refractivity contribution in [2.45, 2.75) is 4.90 Å². The van der Waals surface area contributed by atoms with Gasteiger partial charge in [0.1, 0.15) is 17.5 Å². The van der Waals surface area contributed by atoms with E-state index >= 15 is 0 Å². The number of sulfonamides is 1. The van der Waals surface area contributed by atoms with Crippen LogP contribution in [-0.4, -0.2) is 13.4 Å². The third kappa shape index (κ3) is 2.79. The Kier molecular flexibility index (Phi) is 3.34. The van der Waals surface area contributed by atoms with Crippen molar-refractivity contribution in [3.63, 3.8) is 0 Å². The third-order valence-corrected chi connectivity index (χ3v) is 3.60. The SMILES string of the molecule is Nc1cc(F)c(S(=O)(=O)Nc2ccccn2)c(F)c1. The van der Waals surface area contributed by atoms with Gasteiger partial charge in [-0.1, -0.05) is 6.07 Å². The Balaban J connectivity index is 2.46. The molecule has 8 heteroatoms. The molecule has 0 aliphatic heterocycles. The Morgan fingerprint density at radius 2 is 1.79 bits per heavy atom. The first-order chi connectivity index (χ1) is 8.90. The molecule has 5 nitrogen and oxygen atoms in total. The number of anilines is 2. The predicted octanol–water partition coefficient (Wildman–Crippen LogP) is 1.74. The summed E-state index contributed by atoms with van der Waals surface area (Å²) in [7, 11) is -4.41.